The minimum Gasteiger partial charge on any atom is -0.480 e. The number of nitrogens with one attached hydrogen (secondary N) is 1. The smallest absolute Gasteiger partial charge is 0.326 e. The molecule has 0 aromatic carbocycles. The van der Waals surface area contributed by atoms with Crippen molar-refractivity contribution in [1.29, 1.82) is 0 Å². The molecule has 0 rings (SSSR count). The summed E-state index contributed by atoms with van der Waals surface area (Å²) in [4.78, 5) is 73.8. The molecule has 0 fully saturated rings. The Bertz CT molecular complexity index is 874. The van der Waals surface area contributed by atoms with Crippen LogP contribution < -0.4 is 16.8 Å². The largest absolute Gasteiger partial charge is 0.480 e. The molecule has 0 radical (unpaired) electrons. The summed E-state index contributed by atoms with van der Waals surface area (Å²) in [5.74, 6) is -6.83. The van der Waals surface area contributed by atoms with Gasteiger partial charge in [0.05, 0.1) is 0 Å². The molecule has 0 aliphatic rings. The maximum Gasteiger partial charge on any atom is 0.326 e. The Morgan fingerprint density at radius 3 is 1.71 bits per heavy atom. The molecule has 3 amide bonds. The summed E-state index contributed by atoms with van der Waals surface area (Å²) in [5.41, 5.74) is 10.8. The lowest BCUT2D eigenvalue weighted by Gasteiger charge is -2.36. The van der Waals surface area contributed by atoms with Gasteiger partial charge in [-0.2, -0.15) is 11.8 Å². The molecule has 0 bridgehead atoms. The van der Waals surface area contributed by atoms with E-state index in [4.69, 9.17) is 16.6 Å². The second-order valence-corrected chi connectivity index (χ2v) is 11.6. The van der Waals surface area contributed by atoms with Gasteiger partial charge in [-0.15, -0.1) is 0 Å². The number of carboxylic acids is 3. The highest BCUT2D eigenvalue weighted by Gasteiger charge is 2.39. The summed E-state index contributed by atoms with van der Waals surface area (Å²) in [6, 6.07) is -5.68. The quantitative estimate of drug-likeness (QED) is 0.0770. The molecule has 0 aromatic rings. The van der Waals surface area contributed by atoms with E-state index in [9.17, 15) is 39.0 Å². The number of nitrogens with zero attached hydrogens (tertiary/aromatic N) is 1. The van der Waals surface area contributed by atoms with E-state index in [1.807, 2.05) is 0 Å². The van der Waals surface area contributed by atoms with Gasteiger partial charge in [-0.25, -0.2) is 4.79 Å². The van der Waals surface area contributed by atoms with Crippen molar-refractivity contribution in [3.8, 4) is 0 Å². The first-order valence-corrected chi connectivity index (χ1v) is 15.9. The van der Waals surface area contributed by atoms with Gasteiger partial charge < -0.3 is 37.0 Å². The summed E-state index contributed by atoms with van der Waals surface area (Å²) >= 11 is 0.914. The molecule has 0 saturated heterocycles. The molecule has 0 aliphatic carbocycles. The van der Waals surface area contributed by atoms with E-state index in [0.717, 1.165) is 48.8 Å². The van der Waals surface area contributed by atoms with Crippen LogP contribution in [0.4, 0.5) is 0 Å². The van der Waals surface area contributed by atoms with Crippen molar-refractivity contribution in [3.05, 3.63) is 0 Å². The van der Waals surface area contributed by atoms with Gasteiger partial charge >= 0.3 is 17.9 Å². The first kappa shape index (κ1) is 39.1. The highest BCUT2D eigenvalue weighted by Crippen LogP contribution is 2.21. The number of amides is 3. The number of carbonyl (C=O) groups is 6. The molecule has 13 nitrogen and oxygen atoms in total. The molecule has 0 spiro atoms. The fraction of sp³-hybridized carbons (Fsp3) is 0.786. The molecular weight excluding hydrogens is 568 g/mol. The van der Waals surface area contributed by atoms with Gasteiger partial charge in [-0.1, -0.05) is 71.1 Å². The number of rotatable bonds is 26. The molecule has 42 heavy (non-hydrogen) atoms. The van der Waals surface area contributed by atoms with Crippen LogP contribution in [0.5, 0.6) is 0 Å². The summed E-state index contributed by atoms with van der Waals surface area (Å²) < 4.78 is 0. The first-order chi connectivity index (χ1) is 19.8. The number of unbranched alkanes of at least 4 members (excludes halogenated alkanes) is 10. The average Bonchev–Trinajstić information content (AvgIpc) is 2.91. The monoisotopic (exact) mass is 618 g/mol. The third-order valence-electron chi connectivity index (χ3n) is 6.83. The summed E-state index contributed by atoms with van der Waals surface area (Å²) in [6.07, 6.45) is 10.7. The molecule has 8 N–H and O–H groups in total. The topological polar surface area (TPSA) is 230 Å². The number of hydrogen-bond acceptors (Lipinski definition) is 8. The van der Waals surface area contributed by atoms with Crippen LogP contribution >= 0.6 is 11.8 Å². The number of primary amides is 1. The van der Waals surface area contributed by atoms with E-state index in [0.29, 0.717) is 6.42 Å². The number of aliphatic carboxylic acids is 3. The second-order valence-electron chi connectivity index (χ2n) is 10.5. The minimum absolute atomic E-state index is 0.0606. The van der Waals surface area contributed by atoms with Gasteiger partial charge in [0.1, 0.15) is 24.2 Å². The Balaban J connectivity index is 5.64. The Kier molecular flexibility index (Phi) is 21.1. The van der Waals surface area contributed by atoms with Crippen LogP contribution in [0.25, 0.3) is 0 Å². The van der Waals surface area contributed by atoms with Gasteiger partial charge in [-0.3, -0.25) is 24.0 Å². The maximum absolute atomic E-state index is 13.5. The van der Waals surface area contributed by atoms with Crippen molar-refractivity contribution >= 4 is 47.4 Å². The van der Waals surface area contributed by atoms with Crippen LogP contribution in [0.15, 0.2) is 0 Å². The second kappa shape index (κ2) is 22.7. The lowest BCUT2D eigenvalue weighted by Crippen LogP contribution is -2.59. The van der Waals surface area contributed by atoms with Gasteiger partial charge in [-0.05, 0) is 19.8 Å². The fourth-order valence-corrected chi connectivity index (χ4v) is 5.39. The first-order valence-electron chi connectivity index (χ1n) is 14.7. The molecule has 0 aliphatic heterocycles. The number of nitrogens with two attached hydrogens (primary N) is 2. The van der Waals surface area contributed by atoms with Crippen molar-refractivity contribution in [3.63, 3.8) is 0 Å². The van der Waals surface area contributed by atoms with Crippen LogP contribution in [-0.2, 0) is 28.8 Å². The molecule has 242 valence electrons. The van der Waals surface area contributed by atoms with Crippen LogP contribution in [-0.4, -0.2) is 91.5 Å². The zero-order valence-corrected chi connectivity index (χ0v) is 25.7. The molecule has 14 heteroatoms. The van der Waals surface area contributed by atoms with Crippen molar-refractivity contribution in [2.45, 2.75) is 128 Å². The lowest BCUT2D eigenvalue weighted by molar-refractivity contribution is -0.155. The average molecular weight is 619 g/mol. The van der Waals surface area contributed by atoms with E-state index < -0.39 is 59.8 Å². The zero-order chi connectivity index (χ0) is 32.1. The number of carbonyl (C=O) groups excluding carboxylic acids is 3. The van der Waals surface area contributed by atoms with E-state index in [1.165, 1.54) is 39.0 Å². The third-order valence-corrected chi connectivity index (χ3v) is 7.97. The fourth-order valence-electron chi connectivity index (χ4n) is 4.33. The van der Waals surface area contributed by atoms with Crippen LogP contribution in [0.3, 0.4) is 0 Å². The number of thioether (sulfide) groups is 1. The lowest BCUT2D eigenvalue weighted by atomic mass is 10.0. The third kappa shape index (κ3) is 17.2. The van der Waals surface area contributed by atoms with E-state index in [2.05, 4.69) is 12.2 Å². The van der Waals surface area contributed by atoms with Crippen molar-refractivity contribution < 1.29 is 44.1 Å². The number of hydrogen-bond donors (Lipinski definition) is 6. The standard InChI is InChI=1S/C28H50N4O9S/c1-3-4-5-6-7-8-9-10-11-12-13-14-24(34)32(21(28(40)41)15-16-23(30)33)22(18-42-17-20(29)27(38)39)25(35)31-19(2)26(36)37/h19-22H,3-18,29H2,1-2H3,(H2,30,33)(H,31,35)(H,36,37)(H,38,39)(H,40,41)/t19-,20+,21-,22-/m1/s1. The molecular formula is C28H50N4O9S. The SMILES string of the molecule is CCCCCCCCCCCCCC(=O)N([C@H](CCC(N)=O)C(=O)O)[C@H](CSC[C@H](N)C(=O)O)C(=O)N[C@H](C)C(=O)O. The van der Waals surface area contributed by atoms with Gasteiger partial charge in [0.15, 0.2) is 0 Å². The predicted octanol–water partition coefficient (Wildman–Crippen LogP) is 2.34. The molecule has 0 aromatic heterocycles. The highest BCUT2D eigenvalue weighted by atomic mass is 32.2. The highest BCUT2D eigenvalue weighted by molar-refractivity contribution is 7.99. The Labute approximate surface area is 252 Å². The summed E-state index contributed by atoms with van der Waals surface area (Å²) in [5, 5.41) is 30.6. The molecule has 0 unspecified atom stereocenters. The van der Waals surface area contributed by atoms with E-state index in [-0.39, 0.29) is 30.8 Å². The Hall–Kier alpha value is -2.87. The van der Waals surface area contributed by atoms with Crippen molar-refractivity contribution in [1.82, 2.24) is 10.2 Å². The zero-order valence-electron chi connectivity index (χ0n) is 24.9. The number of carboxylic acid groups (broad SMARTS) is 3. The summed E-state index contributed by atoms with van der Waals surface area (Å²) in [7, 11) is 0. The van der Waals surface area contributed by atoms with Gasteiger partial charge in [0.2, 0.25) is 17.7 Å². The molecule has 0 heterocycles. The molecule has 0 saturated carbocycles. The van der Waals surface area contributed by atoms with Crippen LogP contribution in [0.1, 0.15) is 104 Å². The van der Waals surface area contributed by atoms with E-state index in [1.54, 1.807) is 0 Å². The van der Waals surface area contributed by atoms with Crippen LogP contribution in [0, 0.1) is 0 Å². The van der Waals surface area contributed by atoms with Crippen LogP contribution in [0.2, 0.25) is 0 Å². The summed E-state index contributed by atoms with van der Waals surface area (Å²) in [6.45, 7) is 3.39. The van der Waals surface area contributed by atoms with Gasteiger partial charge in [0.25, 0.3) is 0 Å². The minimum atomic E-state index is -1.60. The normalized spacial score (nSPS) is 13.9. The van der Waals surface area contributed by atoms with Gasteiger partial charge in [0, 0.05) is 24.3 Å². The Morgan fingerprint density at radius 1 is 0.738 bits per heavy atom. The maximum atomic E-state index is 13.5. The van der Waals surface area contributed by atoms with Crippen molar-refractivity contribution in [2.24, 2.45) is 11.5 Å². The van der Waals surface area contributed by atoms with E-state index >= 15 is 0 Å². The predicted molar refractivity (Wildman–Crippen MR) is 160 cm³/mol. The van der Waals surface area contributed by atoms with Crippen molar-refractivity contribution in [2.75, 3.05) is 11.5 Å². The Morgan fingerprint density at radius 2 is 1.26 bits per heavy atom. The molecule has 4 atom stereocenters.